The number of oxime groups is 1. The van der Waals surface area contributed by atoms with Crippen LogP contribution in [0.15, 0.2) is 23.4 Å². The number of benzene rings is 1. The molecule has 1 aromatic heterocycles. The number of aryl methyl sites for hydroxylation is 1. The number of nitrogens with zero attached hydrogens (tertiary/aromatic N) is 1. The lowest BCUT2D eigenvalue weighted by atomic mass is 10.1. The Labute approximate surface area is 91.4 Å². The van der Waals surface area contributed by atoms with Gasteiger partial charge in [-0.25, -0.2) is 0 Å². The largest absolute Gasteiger partial charge is 0.411 e. The fourth-order valence-electron chi connectivity index (χ4n) is 2.19. The molecule has 0 spiro atoms. The Morgan fingerprint density at radius 3 is 3.00 bits per heavy atom. The number of fused-ring (bicyclic) bond motifs is 3. The molecule has 3 nitrogen and oxygen atoms in total. The number of halogens is 1. The number of hydrogen-bond acceptors (Lipinski definition) is 2. The molecule has 2 aromatic rings. The van der Waals surface area contributed by atoms with Crippen molar-refractivity contribution in [2.75, 3.05) is 0 Å². The number of H-pyrrole nitrogens is 1. The predicted octanol–water partition coefficient (Wildman–Crippen LogP) is 2.95. The zero-order valence-electron chi connectivity index (χ0n) is 7.92. The van der Waals surface area contributed by atoms with Crippen LogP contribution in [-0.2, 0) is 6.42 Å². The summed E-state index contributed by atoms with van der Waals surface area (Å²) >= 11 is 5.95. The van der Waals surface area contributed by atoms with Crippen LogP contribution in [0.2, 0.25) is 5.02 Å². The molecule has 0 saturated heterocycles. The minimum Gasteiger partial charge on any atom is -0.411 e. The van der Waals surface area contributed by atoms with Crippen LogP contribution in [0.3, 0.4) is 0 Å². The third-order valence-electron chi connectivity index (χ3n) is 2.89. The first kappa shape index (κ1) is 8.80. The molecule has 76 valence electrons. The molecule has 2 N–H and O–H groups in total. The van der Waals surface area contributed by atoms with Gasteiger partial charge in [0.15, 0.2) is 0 Å². The first-order chi connectivity index (χ1) is 7.29. The van der Waals surface area contributed by atoms with Gasteiger partial charge in [-0.2, -0.15) is 0 Å². The second-order valence-corrected chi connectivity index (χ2v) is 4.15. The van der Waals surface area contributed by atoms with E-state index in [0.717, 1.165) is 40.2 Å². The average molecular weight is 221 g/mol. The highest BCUT2D eigenvalue weighted by Crippen LogP contribution is 2.31. The molecule has 0 saturated carbocycles. The average Bonchev–Trinajstić information content (AvgIpc) is 2.76. The van der Waals surface area contributed by atoms with Crippen molar-refractivity contribution in [3.63, 3.8) is 0 Å². The van der Waals surface area contributed by atoms with Gasteiger partial charge in [0.25, 0.3) is 0 Å². The standard InChI is InChI=1S/C11H9ClN2O/c12-6-1-3-9-8(5-6)7-2-4-10(14-15)11(7)13-9/h1,3,5,13,15H,2,4H2. The van der Waals surface area contributed by atoms with Crippen molar-refractivity contribution >= 4 is 28.2 Å². The zero-order valence-corrected chi connectivity index (χ0v) is 8.67. The van der Waals surface area contributed by atoms with Crippen molar-refractivity contribution in [2.45, 2.75) is 12.8 Å². The highest BCUT2D eigenvalue weighted by molar-refractivity contribution is 6.31. The molecule has 0 radical (unpaired) electrons. The summed E-state index contributed by atoms with van der Waals surface area (Å²) in [4.78, 5) is 3.25. The SMILES string of the molecule is ON=C1CCc2c1[nH]c1ccc(Cl)cc21. The summed E-state index contributed by atoms with van der Waals surface area (Å²) in [6.07, 6.45) is 1.70. The molecule has 4 heteroatoms. The first-order valence-electron chi connectivity index (χ1n) is 4.81. The molecule has 1 aliphatic carbocycles. The second-order valence-electron chi connectivity index (χ2n) is 3.72. The molecule has 1 heterocycles. The number of nitrogens with one attached hydrogen (secondary N) is 1. The highest BCUT2D eigenvalue weighted by atomic mass is 35.5. The maximum absolute atomic E-state index is 8.83. The lowest BCUT2D eigenvalue weighted by Gasteiger charge is -1.94. The molecule has 0 bridgehead atoms. The van der Waals surface area contributed by atoms with Gasteiger partial charge in [-0.05, 0) is 36.6 Å². The van der Waals surface area contributed by atoms with E-state index in [2.05, 4.69) is 10.1 Å². The quantitative estimate of drug-likeness (QED) is 0.521. The van der Waals surface area contributed by atoms with Gasteiger partial charge in [0.2, 0.25) is 0 Å². The van der Waals surface area contributed by atoms with Crippen LogP contribution in [0, 0.1) is 0 Å². The van der Waals surface area contributed by atoms with E-state index >= 15 is 0 Å². The summed E-state index contributed by atoms with van der Waals surface area (Å²) in [5.74, 6) is 0. The van der Waals surface area contributed by atoms with E-state index in [-0.39, 0.29) is 0 Å². The van der Waals surface area contributed by atoms with Gasteiger partial charge in [0.1, 0.15) is 5.71 Å². The fourth-order valence-corrected chi connectivity index (χ4v) is 2.37. The first-order valence-corrected chi connectivity index (χ1v) is 5.19. The summed E-state index contributed by atoms with van der Waals surface area (Å²) in [5, 5.41) is 14.0. The van der Waals surface area contributed by atoms with Crippen LogP contribution < -0.4 is 0 Å². The van der Waals surface area contributed by atoms with Gasteiger partial charge >= 0.3 is 0 Å². The van der Waals surface area contributed by atoms with E-state index in [9.17, 15) is 0 Å². The summed E-state index contributed by atoms with van der Waals surface area (Å²) in [6, 6.07) is 5.75. The lowest BCUT2D eigenvalue weighted by molar-refractivity contribution is 0.318. The van der Waals surface area contributed by atoms with Gasteiger partial charge in [0, 0.05) is 15.9 Å². The normalized spacial score (nSPS) is 17.5. The van der Waals surface area contributed by atoms with Crippen LogP contribution in [-0.4, -0.2) is 15.9 Å². The number of aromatic amines is 1. The summed E-state index contributed by atoms with van der Waals surface area (Å²) in [5.41, 5.74) is 3.94. The molecule has 0 aliphatic heterocycles. The molecular weight excluding hydrogens is 212 g/mol. The van der Waals surface area contributed by atoms with Gasteiger partial charge in [-0.3, -0.25) is 0 Å². The van der Waals surface area contributed by atoms with Crippen molar-refractivity contribution in [3.05, 3.63) is 34.5 Å². The van der Waals surface area contributed by atoms with E-state index in [1.165, 1.54) is 5.56 Å². The molecule has 1 aliphatic rings. The molecular formula is C11H9ClN2O. The Hall–Kier alpha value is -1.48. The lowest BCUT2D eigenvalue weighted by Crippen LogP contribution is -1.94. The number of aromatic nitrogens is 1. The third-order valence-corrected chi connectivity index (χ3v) is 3.12. The van der Waals surface area contributed by atoms with Crippen LogP contribution in [0.25, 0.3) is 10.9 Å². The minimum absolute atomic E-state index is 0.734. The maximum Gasteiger partial charge on any atom is 0.104 e. The molecule has 0 unspecified atom stereocenters. The number of hydrogen-bond donors (Lipinski definition) is 2. The van der Waals surface area contributed by atoms with Crippen LogP contribution in [0.4, 0.5) is 0 Å². The Morgan fingerprint density at radius 2 is 2.20 bits per heavy atom. The molecule has 0 amide bonds. The summed E-state index contributed by atoms with van der Waals surface area (Å²) in [6.45, 7) is 0. The monoisotopic (exact) mass is 220 g/mol. The van der Waals surface area contributed by atoms with Crippen molar-refractivity contribution in [1.29, 1.82) is 0 Å². The molecule has 3 rings (SSSR count). The fraction of sp³-hybridized carbons (Fsp3) is 0.182. The Bertz CT molecular complexity index is 571. The smallest absolute Gasteiger partial charge is 0.104 e. The van der Waals surface area contributed by atoms with Crippen molar-refractivity contribution in [1.82, 2.24) is 4.98 Å². The van der Waals surface area contributed by atoms with Crippen molar-refractivity contribution < 1.29 is 5.21 Å². The zero-order chi connectivity index (χ0) is 10.4. The molecule has 0 atom stereocenters. The summed E-state index contributed by atoms with van der Waals surface area (Å²) in [7, 11) is 0. The third kappa shape index (κ3) is 1.16. The van der Waals surface area contributed by atoms with Gasteiger partial charge < -0.3 is 10.2 Å². The minimum atomic E-state index is 0.734. The molecule has 0 fully saturated rings. The summed E-state index contributed by atoms with van der Waals surface area (Å²) < 4.78 is 0. The second kappa shape index (κ2) is 3.00. The predicted molar refractivity (Wildman–Crippen MR) is 60.0 cm³/mol. The topological polar surface area (TPSA) is 48.4 Å². The van der Waals surface area contributed by atoms with Gasteiger partial charge in [0.05, 0.1) is 5.69 Å². The Morgan fingerprint density at radius 1 is 1.33 bits per heavy atom. The van der Waals surface area contributed by atoms with Crippen LogP contribution in [0.5, 0.6) is 0 Å². The van der Waals surface area contributed by atoms with Crippen LogP contribution in [0.1, 0.15) is 17.7 Å². The Balaban J connectivity index is 2.35. The van der Waals surface area contributed by atoms with E-state index in [1.807, 2.05) is 18.2 Å². The van der Waals surface area contributed by atoms with Crippen molar-refractivity contribution in [2.24, 2.45) is 5.16 Å². The number of rotatable bonds is 0. The Kier molecular flexibility index (Phi) is 1.76. The highest BCUT2D eigenvalue weighted by Gasteiger charge is 2.23. The van der Waals surface area contributed by atoms with E-state index in [4.69, 9.17) is 16.8 Å². The van der Waals surface area contributed by atoms with E-state index < -0.39 is 0 Å². The van der Waals surface area contributed by atoms with Crippen molar-refractivity contribution in [3.8, 4) is 0 Å². The van der Waals surface area contributed by atoms with E-state index in [0.29, 0.717) is 0 Å². The van der Waals surface area contributed by atoms with Gasteiger partial charge in [-0.1, -0.05) is 16.8 Å². The molecule has 1 aromatic carbocycles. The van der Waals surface area contributed by atoms with Crippen LogP contribution >= 0.6 is 11.6 Å². The van der Waals surface area contributed by atoms with E-state index in [1.54, 1.807) is 0 Å². The van der Waals surface area contributed by atoms with Gasteiger partial charge in [-0.15, -0.1) is 0 Å². The maximum atomic E-state index is 8.83. The molecule has 15 heavy (non-hydrogen) atoms.